The Labute approximate surface area is 116 Å². The van der Waals surface area contributed by atoms with Gasteiger partial charge in [-0.3, -0.25) is 9.69 Å². The van der Waals surface area contributed by atoms with Crippen LogP contribution in [0.1, 0.15) is 36.5 Å². The molecule has 18 heavy (non-hydrogen) atoms. The quantitative estimate of drug-likeness (QED) is 0.863. The monoisotopic (exact) mass is 287 g/mol. The van der Waals surface area contributed by atoms with E-state index in [-0.39, 0.29) is 5.91 Å². The van der Waals surface area contributed by atoms with Crippen LogP contribution < -0.4 is 5.32 Å². The lowest BCUT2D eigenvalue weighted by Crippen LogP contribution is -2.32. The van der Waals surface area contributed by atoms with Crippen LogP contribution in [0.4, 0.5) is 0 Å². The third-order valence-electron chi connectivity index (χ3n) is 3.17. The van der Waals surface area contributed by atoms with Crippen molar-refractivity contribution in [2.45, 2.75) is 31.7 Å². The number of hydrogen-bond acceptors (Lipinski definition) is 4. The minimum Gasteiger partial charge on any atom is -0.355 e. The van der Waals surface area contributed by atoms with Gasteiger partial charge in [0.2, 0.25) is 5.91 Å². The normalized spacial score (nSPS) is 19.3. The lowest BCUT2D eigenvalue weighted by Gasteiger charge is -2.27. The highest BCUT2D eigenvalue weighted by Gasteiger charge is 2.24. The summed E-state index contributed by atoms with van der Waals surface area (Å²) in [5, 5.41) is 6.04. The van der Waals surface area contributed by atoms with Gasteiger partial charge in [-0.05, 0) is 6.42 Å². The summed E-state index contributed by atoms with van der Waals surface area (Å²) in [5.74, 6) is 0.611. The molecule has 2 rings (SSSR count). The molecular weight excluding hydrogens is 270 g/mol. The molecule has 0 spiro atoms. The second-order valence-corrected chi connectivity index (χ2v) is 5.53. The van der Waals surface area contributed by atoms with E-state index in [1.165, 1.54) is 0 Å². The van der Waals surface area contributed by atoms with E-state index < -0.39 is 0 Å². The molecule has 1 N–H and O–H groups in total. The number of rotatable bonds is 4. The fraction of sp³-hybridized carbons (Fsp3) is 0.667. The SMILES string of the molecule is CCC(c1nc(CCl)cs1)N1CCNC(=O)CC1. The van der Waals surface area contributed by atoms with Crippen molar-refractivity contribution >= 4 is 28.8 Å². The summed E-state index contributed by atoms with van der Waals surface area (Å²) >= 11 is 7.46. The third kappa shape index (κ3) is 3.22. The Morgan fingerprint density at radius 3 is 3.11 bits per heavy atom. The van der Waals surface area contributed by atoms with E-state index in [9.17, 15) is 4.79 Å². The highest BCUT2D eigenvalue weighted by Crippen LogP contribution is 2.28. The second kappa shape index (κ2) is 6.50. The average molecular weight is 288 g/mol. The van der Waals surface area contributed by atoms with Crippen molar-refractivity contribution in [3.8, 4) is 0 Å². The fourth-order valence-electron chi connectivity index (χ4n) is 2.22. The molecule has 1 amide bonds. The lowest BCUT2D eigenvalue weighted by atomic mass is 10.2. The number of carbonyl (C=O) groups is 1. The summed E-state index contributed by atoms with van der Waals surface area (Å²) in [6, 6.07) is 0.305. The molecule has 1 aliphatic rings. The minimum atomic E-state index is 0.146. The van der Waals surface area contributed by atoms with Gasteiger partial charge in [-0.1, -0.05) is 6.92 Å². The van der Waals surface area contributed by atoms with E-state index >= 15 is 0 Å². The summed E-state index contributed by atoms with van der Waals surface area (Å²) in [6.07, 6.45) is 1.58. The van der Waals surface area contributed by atoms with Gasteiger partial charge in [-0.15, -0.1) is 22.9 Å². The number of hydrogen-bond donors (Lipinski definition) is 1. The zero-order chi connectivity index (χ0) is 13.0. The van der Waals surface area contributed by atoms with E-state index in [1.54, 1.807) is 11.3 Å². The first kappa shape index (κ1) is 13.8. The fourth-order valence-corrected chi connectivity index (χ4v) is 3.49. The van der Waals surface area contributed by atoms with E-state index in [1.807, 2.05) is 5.38 Å². The Balaban J connectivity index is 2.09. The van der Waals surface area contributed by atoms with Gasteiger partial charge in [-0.25, -0.2) is 4.98 Å². The number of aromatic nitrogens is 1. The van der Waals surface area contributed by atoms with Gasteiger partial charge in [-0.2, -0.15) is 0 Å². The highest BCUT2D eigenvalue weighted by atomic mass is 35.5. The molecule has 0 saturated carbocycles. The van der Waals surface area contributed by atoms with Crippen molar-refractivity contribution in [3.63, 3.8) is 0 Å². The summed E-state index contributed by atoms with van der Waals surface area (Å²) in [5.41, 5.74) is 0.944. The van der Waals surface area contributed by atoms with Gasteiger partial charge >= 0.3 is 0 Å². The van der Waals surface area contributed by atoms with Gasteiger partial charge in [0, 0.05) is 31.4 Å². The molecule has 6 heteroatoms. The van der Waals surface area contributed by atoms with Crippen LogP contribution in [-0.2, 0) is 10.7 Å². The zero-order valence-corrected chi connectivity index (χ0v) is 12.1. The largest absolute Gasteiger partial charge is 0.355 e. The zero-order valence-electron chi connectivity index (χ0n) is 10.5. The van der Waals surface area contributed by atoms with Crippen LogP contribution in [-0.4, -0.2) is 35.4 Å². The minimum absolute atomic E-state index is 0.146. The molecule has 0 aromatic carbocycles. The van der Waals surface area contributed by atoms with Crippen molar-refractivity contribution < 1.29 is 4.79 Å². The van der Waals surface area contributed by atoms with Gasteiger partial charge in [0.1, 0.15) is 5.01 Å². The van der Waals surface area contributed by atoms with Crippen LogP contribution in [0.2, 0.25) is 0 Å². The standard InChI is InChI=1S/C12H18ClN3OS/c1-2-10(12-15-9(7-13)8-18-12)16-5-3-11(17)14-4-6-16/h8,10H,2-7H2,1H3,(H,14,17). The van der Waals surface area contributed by atoms with Crippen LogP contribution in [0.3, 0.4) is 0 Å². The number of carbonyl (C=O) groups excluding carboxylic acids is 1. The number of nitrogens with zero attached hydrogens (tertiary/aromatic N) is 2. The summed E-state index contributed by atoms with van der Waals surface area (Å²) < 4.78 is 0. The maximum absolute atomic E-state index is 11.4. The first-order valence-electron chi connectivity index (χ1n) is 6.25. The van der Waals surface area contributed by atoms with Crippen molar-refractivity contribution in [1.29, 1.82) is 0 Å². The van der Waals surface area contributed by atoms with Gasteiger partial charge in [0.05, 0.1) is 17.6 Å². The van der Waals surface area contributed by atoms with Gasteiger partial charge in [0.25, 0.3) is 0 Å². The van der Waals surface area contributed by atoms with Crippen molar-refractivity contribution in [3.05, 3.63) is 16.1 Å². The molecule has 1 unspecified atom stereocenters. The van der Waals surface area contributed by atoms with Crippen molar-refractivity contribution in [2.24, 2.45) is 0 Å². The highest BCUT2D eigenvalue weighted by molar-refractivity contribution is 7.09. The summed E-state index contributed by atoms with van der Waals surface area (Å²) in [4.78, 5) is 18.3. The number of halogens is 1. The Morgan fingerprint density at radius 2 is 2.44 bits per heavy atom. The molecule has 1 fully saturated rings. The van der Waals surface area contributed by atoms with Crippen LogP contribution in [0.25, 0.3) is 0 Å². The number of amides is 1. The van der Waals surface area contributed by atoms with E-state index in [0.29, 0.717) is 18.3 Å². The molecule has 100 valence electrons. The predicted octanol–water partition coefficient (Wildman–Crippen LogP) is 2.15. The molecule has 0 aliphatic carbocycles. The van der Waals surface area contributed by atoms with Crippen LogP contribution in [0.5, 0.6) is 0 Å². The molecule has 0 bridgehead atoms. The molecule has 2 heterocycles. The Hall–Kier alpha value is -0.650. The van der Waals surface area contributed by atoms with E-state index in [4.69, 9.17) is 11.6 Å². The van der Waals surface area contributed by atoms with Gasteiger partial charge < -0.3 is 5.32 Å². The maximum Gasteiger partial charge on any atom is 0.221 e. The Kier molecular flexibility index (Phi) is 4.97. The second-order valence-electron chi connectivity index (χ2n) is 4.37. The first-order chi connectivity index (χ1) is 8.74. The lowest BCUT2D eigenvalue weighted by molar-refractivity contribution is -0.120. The molecule has 1 aromatic rings. The predicted molar refractivity (Wildman–Crippen MR) is 73.9 cm³/mol. The summed E-state index contributed by atoms with van der Waals surface area (Å²) in [7, 11) is 0. The molecule has 0 radical (unpaired) electrons. The van der Waals surface area contributed by atoms with E-state index in [2.05, 4.69) is 22.1 Å². The maximum atomic E-state index is 11.4. The third-order valence-corrected chi connectivity index (χ3v) is 4.43. The van der Waals surface area contributed by atoms with Gasteiger partial charge in [0.15, 0.2) is 0 Å². The molecular formula is C12H18ClN3OS. The number of thiazole rings is 1. The Morgan fingerprint density at radius 1 is 1.61 bits per heavy atom. The van der Waals surface area contributed by atoms with Crippen molar-refractivity contribution in [1.82, 2.24) is 15.2 Å². The van der Waals surface area contributed by atoms with Crippen LogP contribution in [0, 0.1) is 0 Å². The smallest absolute Gasteiger partial charge is 0.221 e. The summed E-state index contributed by atoms with van der Waals surface area (Å²) in [6.45, 7) is 4.58. The Bertz CT molecular complexity index is 410. The number of alkyl halides is 1. The topological polar surface area (TPSA) is 45.2 Å². The molecule has 1 aromatic heterocycles. The molecule has 1 atom stereocenters. The average Bonchev–Trinajstić information content (AvgIpc) is 2.75. The number of nitrogens with one attached hydrogen (secondary N) is 1. The molecule has 1 saturated heterocycles. The molecule has 1 aliphatic heterocycles. The van der Waals surface area contributed by atoms with E-state index in [0.717, 1.165) is 36.8 Å². The first-order valence-corrected chi connectivity index (χ1v) is 7.67. The molecule has 4 nitrogen and oxygen atoms in total. The van der Waals surface area contributed by atoms with Crippen LogP contribution >= 0.6 is 22.9 Å². The van der Waals surface area contributed by atoms with Crippen molar-refractivity contribution in [2.75, 3.05) is 19.6 Å². The van der Waals surface area contributed by atoms with Crippen LogP contribution in [0.15, 0.2) is 5.38 Å².